The Balaban J connectivity index is 2.85. The summed E-state index contributed by atoms with van der Waals surface area (Å²) in [5.74, 6) is -0.208. The number of nitrogen functional groups attached to an aromatic ring is 1. The zero-order valence-electron chi connectivity index (χ0n) is 8.97. The molecule has 0 radical (unpaired) electrons. The summed E-state index contributed by atoms with van der Waals surface area (Å²) in [6.07, 6.45) is 0. The van der Waals surface area contributed by atoms with E-state index < -0.39 is 0 Å². The molecule has 2 nitrogen and oxygen atoms in total. The van der Waals surface area contributed by atoms with Gasteiger partial charge in [-0.05, 0) is 17.5 Å². The van der Waals surface area contributed by atoms with Gasteiger partial charge in [0, 0.05) is 5.56 Å². The molecular formula is C11H13FN2S. The number of nitrogens with two attached hydrogens (primary N) is 1. The van der Waals surface area contributed by atoms with Crippen molar-refractivity contribution in [2.24, 2.45) is 0 Å². The first-order chi connectivity index (χ1) is 6.89. The first kappa shape index (κ1) is 10.4. The minimum absolute atomic E-state index is 0.208. The molecule has 0 atom stereocenters. The Morgan fingerprint density at radius 3 is 2.60 bits per heavy atom. The molecule has 80 valence electrons. The number of aromatic nitrogens is 1. The maximum absolute atomic E-state index is 13.7. The van der Waals surface area contributed by atoms with Gasteiger partial charge in [-0.3, -0.25) is 0 Å². The molecule has 2 rings (SSSR count). The van der Waals surface area contributed by atoms with Gasteiger partial charge in [-0.1, -0.05) is 32.1 Å². The third kappa shape index (κ3) is 1.69. The predicted octanol–water partition coefficient (Wildman–Crippen LogP) is 3.32. The third-order valence-electron chi connectivity index (χ3n) is 2.28. The Kier molecular flexibility index (Phi) is 2.19. The lowest BCUT2D eigenvalue weighted by Crippen LogP contribution is -2.14. The maximum Gasteiger partial charge on any atom is 0.181 e. The Bertz CT molecular complexity index is 511. The van der Waals surface area contributed by atoms with Crippen LogP contribution in [0.15, 0.2) is 12.1 Å². The van der Waals surface area contributed by atoms with Crippen molar-refractivity contribution in [2.45, 2.75) is 26.2 Å². The van der Waals surface area contributed by atoms with E-state index in [9.17, 15) is 4.39 Å². The third-order valence-corrected chi connectivity index (χ3v) is 3.13. The number of halogens is 1. The van der Waals surface area contributed by atoms with Crippen molar-refractivity contribution in [3.63, 3.8) is 0 Å². The zero-order chi connectivity index (χ0) is 11.2. The van der Waals surface area contributed by atoms with Crippen LogP contribution in [0.2, 0.25) is 0 Å². The van der Waals surface area contributed by atoms with Gasteiger partial charge in [-0.15, -0.1) is 0 Å². The Morgan fingerprint density at radius 2 is 2.00 bits per heavy atom. The number of hydrogen-bond donors (Lipinski definition) is 1. The van der Waals surface area contributed by atoms with Crippen molar-refractivity contribution in [1.82, 2.24) is 4.98 Å². The Morgan fingerprint density at radius 1 is 1.33 bits per heavy atom. The topological polar surface area (TPSA) is 38.9 Å². The molecule has 2 N–H and O–H groups in total. The number of rotatable bonds is 0. The van der Waals surface area contributed by atoms with Crippen LogP contribution in [-0.2, 0) is 5.41 Å². The van der Waals surface area contributed by atoms with Crippen LogP contribution in [0, 0.1) is 5.82 Å². The lowest BCUT2D eigenvalue weighted by Gasteiger charge is -2.19. The second kappa shape index (κ2) is 3.17. The molecule has 0 amide bonds. The monoisotopic (exact) mass is 224 g/mol. The fraction of sp³-hybridized carbons (Fsp3) is 0.364. The van der Waals surface area contributed by atoms with Crippen LogP contribution in [0.5, 0.6) is 0 Å². The van der Waals surface area contributed by atoms with Crippen LogP contribution in [-0.4, -0.2) is 4.98 Å². The first-order valence-electron chi connectivity index (χ1n) is 4.74. The minimum atomic E-state index is -0.260. The van der Waals surface area contributed by atoms with Gasteiger partial charge in [-0.25, -0.2) is 9.37 Å². The standard InChI is InChI=1S/C11H13FN2S/c1-11(2,3)8-6(12)4-5-7-9(8)14-10(13)15-7/h4-5H,1-3H3,(H2,13,14). The summed E-state index contributed by atoms with van der Waals surface area (Å²) in [5.41, 5.74) is 6.72. The molecule has 1 aromatic heterocycles. The highest BCUT2D eigenvalue weighted by atomic mass is 32.1. The highest BCUT2D eigenvalue weighted by Gasteiger charge is 2.23. The smallest absolute Gasteiger partial charge is 0.181 e. The maximum atomic E-state index is 13.7. The zero-order valence-corrected chi connectivity index (χ0v) is 9.78. The summed E-state index contributed by atoms with van der Waals surface area (Å²) in [5, 5.41) is 0.487. The number of thiazole rings is 1. The van der Waals surface area contributed by atoms with Gasteiger partial charge >= 0.3 is 0 Å². The van der Waals surface area contributed by atoms with E-state index in [2.05, 4.69) is 4.98 Å². The summed E-state index contributed by atoms with van der Waals surface area (Å²) in [4.78, 5) is 4.20. The van der Waals surface area contributed by atoms with E-state index in [1.165, 1.54) is 17.4 Å². The predicted molar refractivity (Wildman–Crippen MR) is 62.7 cm³/mol. The van der Waals surface area contributed by atoms with Crippen molar-refractivity contribution < 1.29 is 4.39 Å². The molecule has 4 heteroatoms. The van der Waals surface area contributed by atoms with Crippen molar-refractivity contribution in [3.05, 3.63) is 23.5 Å². The molecule has 0 aliphatic rings. The average molecular weight is 224 g/mol. The lowest BCUT2D eigenvalue weighted by atomic mass is 9.86. The van der Waals surface area contributed by atoms with Crippen LogP contribution < -0.4 is 5.73 Å². The van der Waals surface area contributed by atoms with E-state index in [-0.39, 0.29) is 11.2 Å². The number of benzene rings is 1. The van der Waals surface area contributed by atoms with Gasteiger partial charge in [0.25, 0.3) is 0 Å². The molecular weight excluding hydrogens is 211 g/mol. The van der Waals surface area contributed by atoms with Crippen LogP contribution in [0.25, 0.3) is 10.2 Å². The summed E-state index contributed by atoms with van der Waals surface area (Å²) < 4.78 is 14.7. The molecule has 0 saturated heterocycles. The van der Waals surface area contributed by atoms with E-state index in [1.54, 1.807) is 6.07 Å². The molecule has 0 fully saturated rings. The van der Waals surface area contributed by atoms with Gasteiger partial charge in [0.15, 0.2) is 5.13 Å². The molecule has 0 aliphatic heterocycles. The van der Waals surface area contributed by atoms with Gasteiger partial charge in [0.05, 0.1) is 10.2 Å². The second-order valence-electron chi connectivity index (χ2n) is 4.57. The molecule has 15 heavy (non-hydrogen) atoms. The molecule has 0 saturated carbocycles. The number of nitrogens with zero attached hydrogens (tertiary/aromatic N) is 1. The van der Waals surface area contributed by atoms with Crippen molar-refractivity contribution >= 4 is 26.7 Å². The fourth-order valence-electron chi connectivity index (χ4n) is 1.70. The van der Waals surface area contributed by atoms with Gasteiger partial charge in [-0.2, -0.15) is 0 Å². The molecule has 2 aromatic rings. The molecule has 1 aromatic carbocycles. The van der Waals surface area contributed by atoms with Crippen molar-refractivity contribution in [3.8, 4) is 0 Å². The summed E-state index contributed by atoms with van der Waals surface area (Å²) in [7, 11) is 0. The van der Waals surface area contributed by atoms with Crippen LogP contribution in [0.1, 0.15) is 26.3 Å². The molecule has 0 aliphatic carbocycles. The van der Waals surface area contributed by atoms with E-state index in [0.717, 1.165) is 4.70 Å². The lowest BCUT2D eigenvalue weighted by molar-refractivity contribution is 0.528. The van der Waals surface area contributed by atoms with E-state index in [4.69, 9.17) is 5.73 Å². The normalized spacial score (nSPS) is 12.3. The largest absolute Gasteiger partial charge is 0.375 e. The highest BCUT2D eigenvalue weighted by molar-refractivity contribution is 7.22. The van der Waals surface area contributed by atoms with Crippen LogP contribution in [0.3, 0.4) is 0 Å². The first-order valence-corrected chi connectivity index (χ1v) is 5.56. The number of anilines is 1. The van der Waals surface area contributed by atoms with Crippen LogP contribution in [0.4, 0.5) is 9.52 Å². The average Bonchev–Trinajstić information content (AvgIpc) is 2.41. The molecule has 0 unspecified atom stereocenters. The van der Waals surface area contributed by atoms with E-state index in [0.29, 0.717) is 16.2 Å². The summed E-state index contributed by atoms with van der Waals surface area (Å²) in [6.45, 7) is 5.92. The Labute approximate surface area is 91.9 Å². The molecule has 0 bridgehead atoms. The Hall–Kier alpha value is -1.16. The van der Waals surface area contributed by atoms with Gasteiger partial charge in [0.1, 0.15) is 5.82 Å². The van der Waals surface area contributed by atoms with Gasteiger partial charge in [0.2, 0.25) is 0 Å². The SMILES string of the molecule is CC(C)(C)c1c(F)ccc2sc(N)nc12. The van der Waals surface area contributed by atoms with E-state index >= 15 is 0 Å². The minimum Gasteiger partial charge on any atom is -0.375 e. The second-order valence-corrected chi connectivity index (χ2v) is 5.63. The number of fused-ring (bicyclic) bond motifs is 1. The highest BCUT2D eigenvalue weighted by Crippen LogP contribution is 2.35. The molecule has 0 spiro atoms. The van der Waals surface area contributed by atoms with Crippen molar-refractivity contribution in [2.75, 3.05) is 5.73 Å². The van der Waals surface area contributed by atoms with E-state index in [1.807, 2.05) is 20.8 Å². The van der Waals surface area contributed by atoms with Crippen LogP contribution >= 0.6 is 11.3 Å². The van der Waals surface area contributed by atoms with Crippen molar-refractivity contribution in [1.29, 1.82) is 0 Å². The van der Waals surface area contributed by atoms with Gasteiger partial charge < -0.3 is 5.73 Å². The molecule has 1 heterocycles. The summed E-state index contributed by atoms with van der Waals surface area (Å²) in [6, 6.07) is 3.22. The quantitative estimate of drug-likeness (QED) is 0.745. The number of hydrogen-bond acceptors (Lipinski definition) is 3. The summed E-state index contributed by atoms with van der Waals surface area (Å²) >= 11 is 1.39. The fourth-order valence-corrected chi connectivity index (χ4v) is 2.44.